The minimum Gasteiger partial charge on any atom is -0.478 e. The third-order valence-electron chi connectivity index (χ3n) is 4.16. The molecular formula is C20H13NO4. The molecule has 5 heteroatoms. The van der Waals surface area contributed by atoms with E-state index in [4.69, 9.17) is 4.42 Å². The van der Waals surface area contributed by atoms with Gasteiger partial charge in [0.05, 0.1) is 5.56 Å². The van der Waals surface area contributed by atoms with Crippen LogP contribution >= 0.6 is 0 Å². The number of carboxylic acids is 1. The number of carboxylic acid groups (broad SMARTS) is 1. The van der Waals surface area contributed by atoms with Crippen LogP contribution in [-0.4, -0.2) is 22.3 Å². The molecule has 2 heterocycles. The molecule has 2 N–H and O–H groups in total. The number of carbonyl (C=O) groups is 2. The van der Waals surface area contributed by atoms with Crippen LogP contribution in [0.3, 0.4) is 0 Å². The Morgan fingerprint density at radius 3 is 2.68 bits per heavy atom. The molecule has 122 valence electrons. The fourth-order valence-corrected chi connectivity index (χ4v) is 3.00. The number of nitrogens with one attached hydrogen (secondary N) is 1. The first-order valence-electron chi connectivity index (χ1n) is 7.66. The molecule has 4 aromatic rings. The molecule has 0 fully saturated rings. The van der Waals surface area contributed by atoms with E-state index in [1.54, 1.807) is 24.3 Å². The van der Waals surface area contributed by atoms with Gasteiger partial charge in [0.2, 0.25) is 0 Å². The van der Waals surface area contributed by atoms with Crippen LogP contribution in [0.15, 0.2) is 65.2 Å². The average molecular weight is 331 g/mol. The predicted octanol–water partition coefficient (Wildman–Crippen LogP) is 4.61. The van der Waals surface area contributed by atoms with Gasteiger partial charge in [-0.25, -0.2) is 4.79 Å². The first-order valence-corrected chi connectivity index (χ1v) is 7.66. The summed E-state index contributed by atoms with van der Waals surface area (Å²) < 4.78 is 5.44. The first-order chi connectivity index (χ1) is 12.2. The molecule has 4 rings (SSSR count). The van der Waals surface area contributed by atoms with Crippen LogP contribution in [0, 0.1) is 0 Å². The fourth-order valence-electron chi connectivity index (χ4n) is 3.00. The molecule has 0 atom stereocenters. The lowest BCUT2D eigenvalue weighted by Crippen LogP contribution is -1.99. The zero-order valence-electron chi connectivity index (χ0n) is 13.0. The second-order valence-corrected chi connectivity index (χ2v) is 5.63. The van der Waals surface area contributed by atoms with E-state index in [-0.39, 0.29) is 11.3 Å². The van der Waals surface area contributed by atoms with Crippen LogP contribution < -0.4 is 0 Å². The molecule has 0 saturated carbocycles. The number of aromatic amines is 1. The first kappa shape index (κ1) is 15.0. The van der Waals surface area contributed by atoms with E-state index in [0.717, 1.165) is 22.0 Å². The number of aldehydes is 1. The van der Waals surface area contributed by atoms with Crippen LogP contribution in [-0.2, 0) is 0 Å². The molecule has 2 aromatic carbocycles. The number of hydrogen-bond acceptors (Lipinski definition) is 3. The Labute approximate surface area is 142 Å². The lowest BCUT2D eigenvalue weighted by Gasteiger charge is -2.09. The zero-order valence-corrected chi connectivity index (χ0v) is 13.0. The molecule has 0 aliphatic heterocycles. The molecule has 25 heavy (non-hydrogen) atoms. The number of rotatable bonds is 4. The van der Waals surface area contributed by atoms with Crippen molar-refractivity contribution in [3.63, 3.8) is 0 Å². The Bertz CT molecular complexity index is 1100. The van der Waals surface area contributed by atoms with E-state index >= 15 is 0 Å². The topological polar surface area (TPSA) is 83.3 Å². The predicted molar refractivity (Wildman–Crippen MR) is 93.8 cm³/mol. The van der Waals surface area contributed by atoms with E-state index in [1.165, 1.54) is 6.07 Å². The molecule has 0 aliphatic rings. The zero-order chi connectivity index (χ0) is 17.4. The fraction of sp³-hybridized carbons (Fsp3) is 0. The van der Waals surface area contributed by atoms with Crippen LogP contribution in [0.5, 0.6) is 0 Å². The summed E-state index contributed by atoms with van der Waals surface area (Å²) in [5.41, 5.74) is 3.42. The number of hydrogen-bond donors (Lipinski definition) is 2. The van der Waals surface area contributed by atoms with Crippen molar-refractivity contribution < 1.29 is 19.1 Å². The van der Waals surface area contributed by atoms with Crippen LogP contribution in [0.1, 0.15) is 20.9 Å². The van der Waals surface area contributed by atoms with E-state index in [1.807, 2.05) is 30.5 Å². The normalized spacial score (nSPS) is 10.9. The van der Waals surface area contributed by atoms with Gasteiger partial charge < -0.3 is 14.5 Å². The SMILES string of the molecule is O=Cc1ccc(-c2cc(-c3cccc4[nH]ccc34)ccc2C(=O)O)o1. The minimum absolute atomic E-state index is 0.122. The van der Waals surface area contributed by atoms with Gasteiger partial charge in [0.25, 0.3) is 0 Å². The number of benzene rings is 2. The van der Waals surface area contributed by atoms with Crippen molar-refractivity contribution in [3.05, 3.63) is 72.1 Å². The number of furan rings is 1. The number of aromatic carboxylic acids is 1. The summed E-state index contributed by atoms with van der Waals surface area (Å²) in [4.78, 5) is 25.6. The monoisotopic (exact) mass is 331 g/mol. The van der Waals surface area contributed by atoms with E-state index in [0.29, 0.717) is 17.6 Å². The summed E-state index contributed by atoms with van der Waals surface area (Å²) in [6.45, 7) is 0. The standard InChI is InChI=1S/C20H13NO4/c22-11-13-5-7-19(25-13)17-10-12(4-6-16(17)20(23)24)14-2-1-3-18-15(14)8-9-21-18/h1-11,21H,(H,23,24). The summed E-state index contributed by atoms with van der Waals surface area (Å²) in [7, 11) is 0. The maximum absolute atomic E-state index is 11.6. The third-order valence-corrected chi connectivity index (χ3v) is 4.16. The van der Waals surface area contributed by atoms with E-state index in [2.05, 4.69) is 4.98 Å². The average Bonchev–Trinajstić information content (AvgIpc) is 3.29. The highest BCUT2D eigenvalue weighted by atomic mass is 16.4. The second kappa shape index (κ2) is 5.79. The highest BCUT2D eigenvalue weighted by Gasteiger charge is 2.17. The quantitative estimate of drug-likeness (QED) is 0.535. The van der Waals surface area contributed by atoms with Gasteiger partial charge in [-0.2, -0.15) is 0 Å². The second-order valence-electron chi connectivity index (χ2n) is 5.63. The van der Waals surface area contributed by atoms with Gasteiger partial charge in [-0.15, -0.1) is 0 Å². The molecule has 0 unspecified atom stereocenters. The maximum Gasteiger partial charge on any atom is 0.336 e. The molecule has 0 radical (unpaired) electrons. The van der Waals surface area contributed by atoms with Gasteiger partial charge in [0, 0.05) is 22.7 Å². The largest absolute Gasteiger partial charge is 0.478 e. The number of fused-ring (bicyclic) bond motifs is 1. The van der Waals surface area contributed by atoms with Gasteiger partial charge in [-0.3, -0.25) is 4.79 Å². The Balaban J connectivity index is 1.94. The van der Waals surface area contributed by atoms with E-state index < -0.39 is 5.97 Å². The Morgan fingerprint density at radius 2 is 1.92 bits per heavy atom. The number of aromatic nitrogens is 1. The molecular weight excluding hydrogens is 318 g/mol. The Hall–Kier alpha value is -3.60. The van der Waals surface area contributed by atoms with Gasteiger partial charge in [-0.1, -0.05) is 18.2 Å². The van der Waals surface area contributed by atoms with Crippen molar-refractivity contribution in [2.75, 3.05) is 0 Å². The van der Waals surface area contributed by atoms with Crippen molar-refractivity contribution in [2.24, 2.45) is 0 Å². The summed E-state index contributed by atoms with van der Waals surface area (Å²) in [5.74, 6) is -0.544. The highest BCUT2D eigenvalue weighted by Crippen LogP contribution is 2.34. The molecule has 0 amide bonds. The number of carbonyl (C=O) groups excluding carboxylic acids is 1. The summed E-state index contributed by atoms with van der Waals surface area (Å²) >= 11 is 0. The van der Waals surface area contributed by atoms with Gasteiger partial charge in [0.1, 0.15) is 5.76 Å². The van der Waals surface area contributed by atoms with Crippen molar-refractivity contribution in [2.45, 2.75) is 0 Å². The molecule has 0 saturated heterocycles. The van der Waals surface area contributed by atoms with Crippen LogP contribution in [0.2, 0.25) is 0 Å². The smallest absolute Gasteiger partial charge is 0.336 e. The van der Waals surface area contributed by atoms with E-state index in [9.17, 15) is 14.7 Å². The van der Waals surface area contributed by atoms with Gasteiger partial charge in [-0.05, 0) is 47.5 Å². The minimum atomic E-state index is -1.05. The lowest BCUT2D eigenvalue weighted by atomic mass is 9.96. The Kier molecular flexibility index (Phi) is 3.47. The molecule has 5 nitrogen and oxygen atoms in total. The van der Waals surface area contributed by atoms with Crippen LogP contribution in [0.25, 0.3) is 33.4 Å². The van der Waals surface area contributed by atoms with Crippen molar-refractivity contribution in [3.8, 4) is 22.5 Å². The molecule has 0 aliphatic carbocycles. The third kappa shape index (κ3) is 2.52. The van der Waals surface area contributed by atoms with Gasteiger partial charge >= 0.3 is 5.97 Å². The molecule has 0 spiro atoms. The molecule has 0 bridgehead atoms. The van der Waals surface area contributed by atoms with Crippen molar-refractivity contribution >= 4 is 23.2 Å². The summed E-state index contributed by atoms with van der Waals surface area (Å²) in [6.07, 6.45) is 2.46. The molecule has 2 aromatic heterocycles. The van der Waals surface area contributed by atoms with Gasteiger partial charge in [0.15, 0.2) is 12.0 Å². The van der Waals surface area contributed by atoms with Crippen molar-refractivity contribution in [1.29, 1.82) is 0 Å². The van der Waals surface area contributed by atoms with Crippen molar-refractivity contribution in [1.82, 2.24) is 4.98 Å². The van der Waals surface area contributed by atoms with Crippen LogP contribution in [0.4, 0.5) is 0 Å². The Morgan fingerprint density at radius 1 is 1.04 bits per heavy atom. The number of H-pyrrole nitrogens is 1. The maximum atomic E-state index is 11.6. The highest BCUT2D eigenvalue weighted by molar-refractivity contribution is 6.00. The summed E-state index contributed by atoms with van der Waals surface area (Å²) in [5, 5.41) is 10.5. The summed E-state index contributed by atoms with van der Waals surface area (Å²) in [6, 6.07) is 16.1. The lowest BCUT2D eigenvalue weighted by molar-refractivity contribution is 0.0697.